The van der Waals surface area contributed by atoms with Gasteiger partial charge in [0.15, 0.2) is 0 Å². The van der Waals surface area contributed by atoms with Crippen LogP contribution in [0.25, 0.3) is 0 Å². The third-order valence-corrected chi connectivity index (χ3v) is 3.44. The van der Waals surface area contributed by atoms with E-state index in [1.54, 1.807) is 0 Å². The fourth-order valence-corrected chi connectivity index (χ4v) is 2.06. The normalized spacial score (nSPS) is 36.5. The molecule has 0 aromatic rings. The monoisotopic (exact) mass is 308 g/mol. The Morgan fingerprint density at radius 3 is 2.43 bits per heavy atom. The summed E-state index contributed by atoms with van der Waals surface area (Å²) in [6.45, 7) is 1.01. The fourth-order valence-electron chi connectivity index (χ4n) is 2.06. The van der Waals surface area contributed by atoms with Gasteiger partial charge in [-0.05, 0) is 6.42 Å². The molecule has 5 atom stereocenters. The third kappa shape index (κ3) is 4.60. The maximum Gasteiger partial charge on any atom is 0.308 e. The summed E-state index contributed by atoms with van der Waals surface area (Å²) in [5.41, 5.74) is 0. The summed E-state index contributed by atoms with van der Waals surface area (Å²) in [5, 5.41) is 47.6. The van der Waals surface area contributed by atoms with Crippen LogP contribution in [0.1, 0.15) is 39.0 Å². The number of ether oxygens (including phenoxy) is 2. The predicted octanol–water partition coefficient (Wildman–Crippen LogP) is -1.38. The number of esters is 1. The first-order valence-electron chi connectivity index (χ1n) is 7.10. The fraction of sp³-hybridized carbons (Fsp3) is 0.923. The minimum absolute atomic E-state index is 0.114. The van der Waals surface area contributed by atoms with Gasteiger partial charge in [0.1, 0.15) is 18.3 Å². The van der Waals surface area contributed by atoms with Gasteiger partial charge in [-0.2, -0.15) is 0 Å². The Morgan fingerprint density at radius 1 is 1.19 bits per heavy atom. The molecular weight excluding hydrogens is 284 g/mol. The maximum atomic E-state index is 11.6. The van der Waals surface area contributed by atoms with E-state index >= 15 is 0 Å². The first kappa shape index (κ1) is 18.3. The lowest BCUT2D eigenvalue weighted by atomic mass is 9.96. The molecule has 1 aliphatic rings. The molecule has 1 rings (SSSR count). The predicted molar refractivity (Wildman–Crippen MR) is 69.8 cm³/mol. The summed E-state index contributed by atoms with van der Waals surface area (Å²) in [4.78, 5) is 11.6. The van der Waals surface area contributed by atoms with Gasteiger partial charge in [-0.1, -0.05) is 26.2 Å². The molecule has 8 heteroatoms. The van der Waals surface area contributed by atoms with Crippen molar-refractivity contribution in [3.63, 3.8) is 0 Å². The highest BCUT2D eigenvalue weighted by Crippen LogP contribution is 2.28. The first-order chi connectivity index (χ1) is 9.85. The van der Waals surface area contributed by atoms with Gasteiger partial charge in [0.05, 0.1) is 6.61 Å². The van der Waals surface area contributed by atoms with Crippen LogP contribution < -0.4 is 0 Å². The highest BCUT2D eigenvalue weighted by atomic mass is 16.8. The van der Waals surface area contributed by atoms with Crippen molar-refractivity contribution in [3.05, 3.63) is 0 Å². The molecule has 0 amide bonds. The molecule has 21 heavy (non-hydrogen) atoms. The standard InChI is InChI=1S/C13H24O8/c1-2-3-4-5-6-8(15)20-12-10(17)9(16)11(18)13(19,7-14)21-12/h9-12,14,16-19H,2-7H2,1H3/t9-,10+,11+,12?,13+/m1/s1. The molecule has 124 valence electrons. The minimum Gasteiger partial charge on any atom is -0.433 e. The quantitative estimate of drug-likeness (QED) is 0.287. The van der Waals surface area contributed by atoms with Gasteiger partial charge in [-0.15, -0.1) is 0 Å². The van der Waals surface area contributed by atoms with Gasteiger partial charge in [0.25, 0.3) is 0 Å². The lowest BCUT2D eigenvalue weighted by Crippen LogP contribution is -2.66. The molecule has 0 aromatic heterocycles. The van der Waals surface area contributed by atoms with Crippen LogP contribution in [0.4, 0.5) is 0 Å². The summed E-state index contributed by atoms with van der Waals surface area (Å²) >= 11 is 0. The average molecular weight is 308 g/mol. The molecular formula is C13H24O8. The van der Waals surface area contributed by atoms with Crippen molar-refractivity contribution in [1.29, 1.82) is 0 Å². The smallest absolute Gasteiger partial charge is 0.308 e. The molecule has 0 aromatic carbocycles. The molecule has 0 aliphatic carbocycles. The summed E-state index contributed by atoms with van der Waals surface area (Å²) < 4.78 is 9.67. The van der Waals surface area contributed by atoms with Crippen LogP contribution in [0, 0.1) is 0 Å². The number of carbonyl (C=O) groups excluding carboxylic acids is 1. The number of carbonyl (C=O) groups is 1. The van der Waals surface area contributed by atoms with Crippen molar-refractivity contribution in [2.45, 2.75) is 69.4 Å². The molecule has 0 radical (unpaired) electrons. The summed E-state index contributed by atoms with van der Waals surface area (Å²) in [6, 6.07) is 0. The Balaban J connectivity index is 2.55. The molecule has 1 saturated heterocycles. The molecule has 1 heterocycles. The minimum atomic E-state index is -2.49. The largest absolute Gasteiger partial charge is 0.433 e. The highest BCUT2D eigenvalue weighted by molar-refractivity contribution is 5.69. The van der Waals surface area contributed by atoms with Crippen molar-refractivity contribution < 1.29 is 39.8 Å². The molecule has 0 spiro atoms. The van der Waals surface area contributed by atoms with Gasteiger partial charge in [0.2, 0.25) is 12.1 Å². The van der Waals surface area contributed by atoms with E-state index in [2.05, 4.69) is 0 Å². The van der Waals surface area contributed by atoms with Crippen molar-refractivity contribution in [2.24, 2.45) is 0 Å². The second kappa shape index (κ2) is 8.02. The van der Waals surface area contributed by atoms with Crippen LogP contribution in [-0.2, 0) is 14.3 Å². The zero-order chi connectivity index (χ0) is 16.0. The summed E-state index contributed by atoms with van der Waals surface area (Å²) in [5.74, 6) is -3.15. The number of aliphatic hydroxyl groups excluding tert-OH is 4. The van der Waals surface area contributed by atoms with Crippen LogP contribution >= 0.6 is 0 Å². The third-order valence-electron chi connectivity index (χ3n) is 3.44. The molecule has 1 fully saturated rings. The summed E-state index contributed by atoms with van der Waals surface area (Å²) in [6.07, 6.45) is -3.50. The molecule has 5 N–H and O–H groups in total. The van der Waals surface area contributed by atoms with Gasteiger partial charge in [0, 0.05) is 6.42 Å². The molecule has 0 bridgehead atoms. The lowest BCUT2D eigenvalue weighted by Gasteiger charge is -2.43. The number of hydrogen-bond acceptors (Lipinski definition) is 8. The SMILES string of the molecule is CCCCCCC(=O)OC1O[C@@](O)(CO)[C@@H](O)[C@H](O)[C@@H]1O. The van der Waals surface area contributed by atoms with Crippen LogP contribution in [0.3, 0.4) is 0 Å². The van der Waals surface area contributed by atoms with Crippen LogP contribution in [0.15, 0.2) is 0 Å². The number of hydrogen-bond donors (Lipinski definition) is 5. The van der Waals surface area contributed by atoms with Gasteiger partial charge >= 0.3 is 5.97 Å². The second-order valence-electron chi connectivity index (χ2n) is 5.22. The van der Waals surface area contributed by atoms with Crippen LogP contribution in [0.5, 0.6) is 0 Å². The number of aliphatic hydroxyl groups is 5. The van der Waals surface area contributed by atoms with Crippen molar-refractivity contribution in [3.8, 4) is 0 Å². The Labute approximate surface area is 122 Å². The zero-order valence-electron chi connectivity index (χ0n) is 12.0. The van der Waals surface area contributed by atoms with Crippen molar-refractivity contribution >= 4 is 5.97 Å². The topological polar surface area (TPSA) is 137 Å². The van der Waals surface area contributed by atoms with Gasteiger partial charge in [-0.25, -0.2) is 0 Å². The lowest BCUT2D eigenvalue weighted by molar-refractivity contribution is -0.390. The Morgan fingerprint density at radius 2 is 1.86 bits per heavy atom. The van der Waals surface area contributed by atoms with E-state index in [0.29, 0.717) is 6.42 Å². The van der Waals surface area contributed by atoms with E-state index in [-0.39, 0.29) is 6.42 Å². The van der Waals surface area contributed by atoms with Crippen LogP contribution in [0.2, 0.25) is 0 Å². The van der Waals surface area contributed by atoms with E-state index < -0.39 is 43.0 Å². The van der Waals surface area contributed by atoms with Crippen molar-refractivity contribution in [2.75, 3.05) is 6.61 Å². The second-order valence-corrected chi connectivity index (χ2v) is 5.22. The molecule has 1 unspecified atom stereocenters. The zero-order valence-corrected chi connectivity index (χ0v) is 12.0. The molecule has 1 aliphatic heterocycles. The highest BCUT2D eigenvalue weighted by Gasteiger charge is 2.53. The summed E-state index contributed by atoms with van der Waals surface area (Å²) in [7, 11) is 0. The van der Waals surface area contributed by atoms with Crippen molar-refractivity contribution in [1.82, 2.24) is 0 Å². The molecule has 8 nitrogen and oxygen atoms in total. The first-order valence-corrected chi connectivity index (χ1v) is 7.10. The van der Waals surface area contributed by atoms with Gasteiger partial charge < -0.3 is 35.0 Å². The van der Waals surface area contributed by atoms with E-state index in [0.717, 1.165) is 19.3 Å². The van der Waals surface area contributed by atoms with Gasteiger partial charge in [-0.3, -0.25) is 4.79 Å². The Bertz CT molecular complexity index is 336. The molecule has 0 saturated carbocycles. The van der Waals surface area contributed by atoms with E-state index in [1.165, 1.54) is 0 Å². The number of rotatable bonds is 7. The average Bonchev–Trinajstić information content (AvgIpc) is 2.47. The maximum absolute atomic E-state index is 11.6. The van der Waals surface area contributed by atoms with E-state index in [1.807, 2.05) is 6.92 Å². The van der Waals surface area contributed by atoms with E-state index in [9.17, 15) is 25.2 Å². The Kier molecular flexibility index (Phi) is 6.98. The van der Waals surface area contributed by atoms with Crippen LogP contribution in [-0.4, -0.2) is 68.5 Å². The number of unbranched alkanes of at least 4 members (excludes halogenated alkanes) is 3. The van der Waals surface area contributed by atoms with E-state index in [4.69, 9.17) is 14.6 Å². The Hall–Kier alpha value is -0.770.